The van der Waals surface area contributed by atoms with E-state index in [2.05, 4.69) is 11.9 Å². The Hall–Kier alpha value is -1.74. The number of nitrogen functional groups attached to an aromatic ring is 1. The molecule has 0 aromatic carbocycles. The Labute approximate surface area is 214 Å². The van der Waals surface area contributed by atoms with Crippen molar-refractivity contribution in [2.24, 2.45) is 0 Å². The van der Waals surface area contributed by atoms with Gasteiger partial charge in [-0.1, -0.05) is 84.0 Å². The molecule has 206 valence electrons. The van der Waals surface area contributed by atoms with Gasteiger partial charge in [-0.25, -0.2) is 4.79 Å². The summed E-state index contributed by atoms with van der Waals surface area (Å²) in [7, 11) is -3.36. The van der Waals surface area contributed by atoms with Crippen LogP contribution in [0.2, 0.25) is 0 Å². The smallest absolute Gasteiger partial charge is 0.351 e. The maximum Gasteiger partial charge on any atom is 0.351 e. The lowest BCUT2D eigenvalue weighted by atomic mass is 10.0. The van der Waals surface area contributed by atoms with Gasteiger partial charge in [-0.2, -0.15) is 4.98 Å². The standard InChI is InChI=1S/C25H44N3O7P/c1-2-3-4-5-6-7-8-9-10-11-12-13-14-15-23(29)34-24(35-36(31)32)20-16-17-22(33-20)28-19-18-21(26)27-25(28)30/h18-20,22,24,36H,2-17H2,1H3,(H,31,32)(H2,26,27,30)/t20-,22+,24?/m0/s1. The monoisotopic (exact) mass is 529 g/mol. The first-order valence-corrected chi connectivity index (χ1v) is 14.8. The highest BCUT2D eigenvalue weighted by Crippen LogP contribution is 2.33. The summed E-state index contributed by atoms with van der Waals surface area (Å²) in [5, 5.41) is 0. The van der Waals surface area contributed by atoms with E-state index in [9.17, 15) is 19.0 Å². The van der Waals surface area contributed by atoms with Gasteiger partial charge in [-0.3, -0.25) is 18.5 Å². The Morgan fingerprint density at radius 2 is 1.69 bits per heavy atom. The minimum atomic E-state index is -3.36. The zero-order valence-corrected chi connectivity index (χ0v) is 22.6. The number of unbranched alkanes of at least 4 members (excludes halogenated alkanes) is 12. The number of aromatic nitrogens is 2. The summed E-state index contributed by atoms with van der Waals surface area (Å²) in [5.74, 6) is -0.391. The Balaban J connectivity index is 1.62. The summed E-state index contributed by atoms with van der Waals surface area (Å²) in [6.45, 7) is 2.24. The molecule has 1 aliphatic rings. The number of nitrogens with zero attached hydrogens (tertiary/aromatic N) is 2. The third-order valence-corrected chi connectivity index (χ3v) is 6.88. The Bertz CT molecular complexity index is 851. The second-order valence-corrected chi connectivity index (χ2v) is 10.3. The van der Waals surface area contributed by atoms with Crippen LogP contribution in [0.5, 0.6) is 0 Å². The van der Waals surface area contributed by atoms with Crippen molar-refractivity contribution in [3.8, 4) is 0 Å². The third-order valence-electron chi connectivity index (χ3n) is 6.44. The van der Waals surface area contributed by atoms with Crippen LogP contribution in [0.25, 0.3) is 0 Å². The summed E-state index contributed by atoms with van der Waals surface area (Å²) in [5.41, 5.74) is 4.96. The van der Waals surface area contributed by atoms with Crippen LogP contribution in [0.4, 0.5) is 5.82 Å². The minimum Gasteiger partial charge on any atom is -0.432 e. The second-order valence-electron chi connectivity index (χ2n) is 9.48. The van der Waals surface area contributed by atoms with Gasteiger partial charge in [0.1, 0.15) is 18.1 Å². The van der Waals surface area contributed by atoms with Crippen molar-refractivity contribution in [1.82, 2.24) is 9.55 Å². The van der Waals surface area contributed by atoms with E-state index in [-0.39, 0.29) is 12.2 Å². The van der Waals surface area contributed by atoms with Crippen LogP contribution < -0.4 is 11.4 Å². The van der Waals surface area contributed by atoms with Gasteiger partial charge in [0.05, 0.1) is 0 Å². The van der Waals surface area contributed by atoms with Gasteiger partial charge in [0.15, 0.2) is 0 Å². The molecule has 1 aliphatic heterocycles. The minimum absolute atomic E-state index is 0.105. The zero-order valence-electron chi connectivity index (χ0n) is 21.6. The molecule has 0 radical (unpaired) electrons. The normalized spacial score (nSPS) is 19.3. The lowest BCUT2D eigenvalue weighted by Crippen LogP contribution is -2.33. The van der Waals surface area contributed by atoms with Gasteiger partial charge < -0.3 is 20.1 Å². The summed E-state index contributed by atoms with van der Waals surface area (Å²) in [6, 6.07) is 1.48. The number of hydrogen-bond donors (Lipinski definition) is 2. The van der Waals surface area contributed by atoms with Crippen LogP contribution >= 0.6 is 8.25 Å². The first-order chi connectivity index (χ1) is 17.4. The maximum absolute atomic E-state index is 12.3. The van der Waals surface area contributed by atoms with Gasteiger partial charge in [-0.05, 0) is 25.3 Å². The van der Waals surface area contributed by atoms with Crippen molar-refractivity contribution in [2.45, 2.75) is 128 Å². The molecule has 4 atom stereocenters. The van der Waals surface area contributed by atoms with Crippen LogP contribution in [0, 0.1) is 0 Å². The van der Waals surface area contributed by atoms with Crippen LogP contribution in [0.3, 0.4) is 0 Å². The molecular formula is C25H44N3O7P. The molecule has 0 amide bonds. The summed E-state index contributed by atoms with van der Waals surface area (Å²) < 4.78 is 28.7. The van der Waals surface area contributed by atoms with Gasteiger partial charge in [0.25, 0.3) is 0 Å². The summed E-state index contributed by atoms with van der Waals surface area (Å²) in [6.07, 6.45) is 15.5. The number of nitrogens with two attached hydrogens (primary N) is 1. The number of rotatable bonds is 19. The highest BCUT2D eigenvalue weighted by atomic mass is 31.1. The molecular weight excluding hydrogens is 485 g/mol. The van der Waals surface area contributed by atoms with Crippen molar-refractivity contribution in [2.75, 3.05) is 5.73 Å². The van der Waals surface area contributed by atoms with Crippen LogP contribution in [-0.4, -0.2) is 32.8 Å². The first-order valence-electron chi connectivity index (χ1n) is 13.5. The molecule has 0 bridgehead atoms. The fraction of sp³-hybridized carbons (Fsp3) is 0.800. The van der Waals surface area contributed by atoms with Crippen molar-refractivity contribution in [3.63, 3.8) is 0 Å². The van der Waals surface area contributed by atoms with E-state index in [0.717, 1.165) is 12.8 Å². The van der Waals surface area contributed by atoms with E-state index in [1.807, 2.05) is 0 Å². The van der Waals surface area contributed by atoms with E-state index >= 15 is 0 Å². The lowest BCUT2D eigenvalue weighted by Gasteiger charge is -2.23. The van der Waals surface area contributed by atoms with E-state index in [4.69, 9.17) is 19.7 Å². The SMILES string of the molecule is CCCCCCCCCCCCCCCC(=O)OC(O[PH](=O)O)[C@@H]1CC[C@H](n2ccc(N)nc2=O)O1. The van der Waals surface area contributed by atoms with Crippen molar-refractivity contribution in [3.05, 3.63) is 22.7 Å². The molecule has 1 fully saturated rings. The fourth-order valence-electron chi connectivity index (χ4n) is 4.45. The molecule has 10 nitrogen and oxygen atoms in total. The first kappa shape index (κ1) is 30.5. The van der Waals surface area contributed by atoms with Crippen LogP contribution in [0.15, 0.2) is 17.1 Å². The van der Waals surface area contributed by atoms with Gasteiger partial charge in [0, 0.05) is 12.6 Å². The number of carbonyl (C=O) groups is 1. The van der Waals surface area contributed by atoms with E-state index < -0.39 is 38.5 Å². The fourth-order valence-corrected chi connectivity index (χ4v) is 4.84. The Morgan fingerprint density at radius 3 is 2.25 bits per heavy atom. The molecule has 3 N–H and O–H groups in total. The Morgan fingerprint density at radius 1 is 1.11 bits per heavy atom. The number of esters is 1. The topological polar surface area (TPSA) is 143 Å². The zero-order chi connectivity index (χ0) is 26.2. The number of hydrogen-bond acceptors (Lipinski definition) is 8. The largest absolute Gasteiger partial charge is 0.432 e. The maximum atomic E-state index is 12.3. The molecule has 1 aromatic rings. The Kier molecular flexibility index (Phi) is 15.0. The van der Waals surface area contributed by atoms with Crippen molar-refractivity contribution >= 4 is 20.0 Å². The summed E-state index contributed by atoms with van der Waals surface area (Å²) >= 11 is 0. The molecule has 2 unspecified atom stereocenters. The van der Waals surface area contributed by atoms with Gasteiger partial charge in [0.2, 0.25) is 6.29 Å². The predicted octanol–water partition coefficient (Wildman–Crippen LogP) is 5.25. The number of anilines is 1. The van der Waals surface area contributed by atoms with Crippen LogP contribution in [0.1, 0.15) is 116 Å². The van der Waals surface area contributed by atoms with Crippen molar-refractivity contribution < 1.29 is 28.3 Å². The highest BCUT2D eigenvalue weighted by molar-refractivity contribution is 7.32. The number of carbonyl (C=O) groups excluding carboxylic acids is 1. The van der Waals surface area contributed by atoms with Gasteiger partial charge >= 0.3 is 19.9 Å². The molecule has 0 spiro atoms. The average Bonchev–Trinajstić information content (AvgIpc) is 3.31. The molecule has 2 heterocycles. The quantitative estimate of drug-likeness (QED) is 0.106. The highest BCUT2D eigenvalue weighted by Gasteiger charge is 2.37. The molecule has 11 heteroatoms. The molecule has 1 aromatic heterocycles. The molecule has 2 rings (SSSR count). The predicted molar refractivity (Wildman–Crippen MR) is 139 cm³/mol. The van der Waals surface area contributed by atoms with E-state index in [1.54, 1.807) is 0 Å². The van der Waals surface area contributed by atoms with E-state index in [0.29, 0.717) is 19.3 Å². The molecule has 36 heavy (non-hydrogen) atoms. The van der Waals surface area contributed by atoms with E-state index in [1.165, 1.54) is 81.0 Å². The molecule has 0 aliphatic carbocycles. The van der Waals surface area contributed by atoms with Crippen molar-refractivity contribution in [1.29, 1.82) is 0 Å². The lowest BCUT2D eigenvalue weighted by molar-refractivity contribution is -0.188. The summed E-state index contributed by atoms with van der Waals surface area (Å²) in [4.78, 5) is 37.3. The average molecular weight is 530 g/mol. The third kappa shape index (κ3) is 12.0. The number of ether oxygens (including phenoxy) is 2. The van der Waals surface area contributed by atoms with Crippen LogP contribution in [-0.2, 0) is 23.4 Å². The molecule has 0 saturated carbocycles. The molecule has 1 saturated heterocycles. The van der Waals surface area contributed by atoms with Gasteiger partial charge in [-0.15, -0.1) is 0 Å². The second kappa shape index (κ2) is 17.7.